The molecular weight excluding hydrogens is 208 g/mol. The number of nitrogens with one attached hydrogen (secondary N) is 1. The van der Waals surface area contributed by atoms with E-state index < -0.39 is 0 Å². The Morgan fingerprint density at radius 1 is 1.29 bits per heavy atom. The van der Waals surface area contributed by atoms with E-state index >= 15 is 0 Å². The normalized spacial score (nSPS) is 16.5. The van der Waals surface area contributed by atoms with E-state index in [1.807, 2.05) is 12.1 Å². The zero-order valence-electron chi connectivity index (χ0n) is 10.5. The molecule has 1 saturated carbocycles. The van der Waals surface area contributed by atoms with Gasteiger partial charge in [0.25, 0.3) is 0 Å². The minimum atomic E-state index is 0.765. The van der Waals surface area contributed by atoms with Crippen LogP contribution in [0.5, 0.6) is 0 Å². The van der Waals surface area contributed by atoms with Crippen LogP contribution in [0.15, 0.2) is 18.2 Å². The van der Waals surface area contributed by atoms with Crippen molar-refractivity contribution >= 4 is 5.69 Å². The third-order valence-electron chi connectivity index (χ3n) is 3.69. The summed E-state index contributed by atoms with van der Waals surface area (Å²) in [5.74, 6) is 0.787. The molecule has 1 fully saturated rings. The Morgan fingerprint density at radius 3 is 2.76 bits per heavy atom. The van der Waals surface area contributed by atoms with Crippen LogP contribution < -0.4 is 5.32 Å². The summed E-state index contributed by atoms with van der Waals surface area (Å²) in [5, 5.41) is 12.6. The predicted molar refractivity (Wildman–Crippen MR) is 71.0 cm³/mol. The summed E-state index contributed by atoms with van der Waals surface area (Å²) in [5.41, 5.74) is 2.96. The summed E-state index contributed by atoms with van der Waals surface area (Å²) in [6.07, 6.45) is 6.79. The lowest BCUT2D eigenvalue weighted by Crippen LogP contribution is -2.18. The van der Waals surface area contributed by atoms with Gasteiger partial charge in [0.2, 0.25) is 0 Å². The van der Waals surface area contributed by atoms with Gasteiger partial charge in [-0.2, -0.15) is 5.26 Å². The molecule has 0 unspecified atom stereocenters. The fourth-order valence-electron chi connectivity index (χ4n) is 2.63. The number of benzene rings is 1. The molecule has 2 heteroatoms. The van der Waals surface area contributed by atoms with E-state index in [2.05, 4.69) is 24.4 Å². The first kappa shape index (κ1) is 12.0. The van der Waals surface area contributed by atoms with Crippen LogP contribution in [0.2, 0.25) is 0 Å². The van der Waals surface area contributed by atoms with Gasteiger partial charge in [-0.1, -0.05) is 31.4 Å². The van der Waals surface area contributed by atoms with Crippen molar-refractivity contribution in [1.29, 1.82) is 5.26 Å². The van der Waals surface area contributed by atoms with Crippen LogP contribution in [0.3, 0.4) is 0 Å². The van der Waals surface area contributed by atoms with Crippen LogP contribution in [0.1, 0.15) is 43.2 Å². The molecule has 0 aromatic heterocycles. The molecule has 0 bridgehead atoms. The third kappa shape index (κ3) is 3.00. The molecule has 0 radical (unpaired) electrons. The Balaban J connectivity index is 2.00. The van der Waals surface area contributed by atoms with E-state index in [1.165, 1.54) is 37.7 Å². The molecule has 1 aliphatic rings. The van der Waals surface area contributed by atoms with Gasteiger partial charge in [0.05, 0.1) is 11.3 Å². The molecule has 1 N–H and O–H groups in total. The second-order valence-electron chi connectivity index (χ2n) is 4.99. The first-order chi connectivity index (χ1) is 8.31. The van der Waals surface area contributed by atoms with E-state index in [4.69, 9.17) is 5.26 Å². The zero-order chi connectivity index (χ0) is 12.1. The highest BCUT2D eigenvalue weighted by molar-refractivity contribution is 5.62. The van der Waals surface area contributed by atoms with E-state index in [0.29, 0.717) is 0 Å². The Bertz CT molecular complexity index is 411. The Kier molecular flexibility index (Phi) is 4.03. The fourth-order valence-corrected chi connectivity index (χ4v) is 2.63. The van der Waals surface area contributed by atoms with Crippen molar-refractivity contribution in [2.24, 2.45) is 5.92 Å². The number of rotatable bonds is 3. The number of nitrogens with zero attached hydrogens (tertiary/aromatic N) is 1. The summed E-state index contributed by atoms with van der Waals surface area (Å²) in [4.78, 5) is 0. The lowest BCUT2D eigenvalue weighted by molar-refractivity contribution is 0.373. The van der Waals surface area contributed by atoms with Crippen LogP contribution in [0.25, 0.3) is 0 Å². The number of aryl methyl sites for hydroxylation is 1. The monoisotopic (exact) mass is 228 g/mol. The maximum absolute atomic E-state index is 9.09. The van der Waals surface area contributed by atoms with Crippen molar-refractivity contribution in [2.75, 3.05) is 11.9 Å². The van der Waals surface area contributed by atoms with Gasteiger partial charge in [-0.3, -0.25) is 0 Å². The average molecular weight is 228 g/mol. The van der Waals surface area contributed by atoms with Crippen LogP contribution in [-0.2, 0) is 0 Å². The van der Waals surface area contributed by atoms with Gasteiger partial charge in [0.1, 0.15) is 6.07 Å². The van der Waals surface area contributed by atoms with E-state index in [0.717, 1.165) is 23.7 Å². The van der Waals surface area contributed by atoms with Crippen molar-refractivity contribution in [3.63, 3.8) is 0 Å². The molecule has 0 spiro atoms. The van der Waals surface area contributed by atoms with E-state index in [1.54, 1.807) is 0 Å². The number of nitriles is 1. The number of hydrogen-bond acceptors (Lipinski definition) is 2. The lowest BCUT2D eigenvalue weighted by atomic mass is 9.89. The molecule has 90 valence electrons. The maximum atomic E-state index is 9.09. The molecule has 1 aromatic carbocycles. The first-order valence-electron chi connectivity index (χ1n) is 6.55. The van der Waals surface area contributed by atoms with E-state index in [-0.39, 0.29) is 0 Å². The molecular formula is C15H20N2. The van der Waals surface area contributed by atoms with Gasteiger partial charge in [-0.25, -0.2) is 0 Å². The van der Waals surface area contributed by atoms with Crippen LogP contribution in [0.4, 0.5) is 5.69 Å². The second-order valence-corrected chi connectivity index (χ2v) is 4.99. The van der Waals surface area contributed by atoms with Gasteiger partial charge >= 0.3 is 0 Å². The smallest absolute Gasteiger partial charge is 0.101 e. The minimum absolute atomic E-state index is 0.765. The van der Waals surface area contributed by atoms with Crippen molar-refractivity contribution < 1.29 is 0 Å². The standard InChI is InChI=1S/C15H20N2/c1-12-6-5-9-14(10-16)15(12)17-11-13-7-3-2-4-8-13/h5-6,9,13,17H,2-4,7-8,11H2,1H3. The highest BCUT2D eigenvalue weighted by atomic mass is 14.9. The quantitative estimate of drug-likeness (QED) is 0.852. The van der Waals surface area contributed by atoms with Gasteiger partial charge in [-0.05, 0) is 37.3 Å². The molecule has 17 heavy (non-hydrogen) atoms. The molecule has 0 saturated heterocycles. The van der Waals surface area contributed by atoms with Gasteiger partial charge in [-0.15, -0.1) is 0 Å². The fraction of sp³-hybridized carbons (Fsp3) is 0.533. The van der Waals surface area contributed by atoms with Crippen molar-refractivity contribution in [3.05, 3.63) is 29.3 Å². The van der Waals surface area contributed by atoms with Crippen LogP contribution in [-0.4, -0.2) is 6.54 Å². The topological polar surface area (TPSA) is 35.8 Å². The minimum Gasteiger partial charge on any atom is -0.383 e. The molecule has 0 aliphatic heterocycles. The van der Waals surface area contributed by atoms with Crippen LogP contribution in [0, 0.1) is 24.2 Å². The Morgan fingerprint density at radius 2 is 2.06 bits per heavy atom. The maximum Gasteiger partial charge on any atom is 0.101 e. The third-order valence-corrected chi connectivity index (χ3v) is 3.69. The highest BCUT2D eigenvalue weighted by Crippen LogP contribution is 2.25. The Labute approximate surface area is 104 Å². The SMILES string of the molecule is Cc1cccc(C#N)c1NCC1CCCCC1. The Hall–Kier alpha value is -1.49. The first-order valence-corrected chi connectivity index (χ1v) is 6.55. The largest absolute Gasteiger partial charge is 0.383 e. The lowest BCUT2D eigenvalue weighted by Gasteiger charge is -2.23. The highest BCUT2D eigenvalue weighted by Gasteiger charge is 2.14. The van der Waals surface area contributed by atoms with Gasteiger partial charge < -0.3 is 5.32 Å². The molecule has 0 atom stereocenters. The summed E-state index contributed by atoms with van der Waals surface area (Å²) in [6.45, 7) is 3.07. The zero-order valence-corrected chi connectivity index (χ0v) is 10.5. The molecule has 2 rings (SSSR count). The second kappa shape index (κ2) is 5.72. The molecule has 1 aliphatic carbocycles. The van der Waals surface area contributed by atoms with E-state index in [9.17, 15) is 0 Å². The molecule has 1 aromatic rings. The van der Waals surface area contributed by atoms with Crippen molar-refractivity contribution in [1.82, 2.24) is 0 Å². The summed E-state index contributed by atoms with van der Waals surface area (Å²) in [7, 11) is 0. The number of anilines is 1. The van der Waals surface area contributed by atoms with Crippen LogP contribution >= 0.6 is 0 Å². The van der Waals surface area contributed by atoms with Gasteiger partial charge in [0.15, 0.2) is 0 Å². The number of para-hydroxylation sites is 1. The van der Waals surface area contributed by atoms with Crippen molar-refractivity contribution in [3.8, 4) is 6.07 Å². The number of hydrogen-bond donors (Lipinski definition) is 1. The summed E-state index contributed by atoms with van der Waals surface area (Å²) in [6, 6.07) is 8.15. The summed E-state index contributed by atoms with van der Waals surface area (Å²) < 4.78 is 0. The predicted octanol–water partition coefficient (Wildman–Crippen LogP) is 3.86. The van der Waals surface area contributed by atoms with Crippen molar-refractivity contribution in [2.45, 2.75) is 39.0 Å². The molecule has 2 nitrogen and oxygen atoms in total. The molecule has 0 amide bonds. The summed E-state index contributed by atoms with van der Waals surface area (Å²) >= 11 is 0. The average Bonchev–Trinajstić information content (AvgIpc) is 2.38. The molecule has 0 heterocycles. The van der Waals surface area contributed by atoms with Gasteiger partial charge in [0, 0.05) is 6.54 Å².